The molecule has 27 heavy (non-hydrogen) atoms. The van der Waals surface area contributed by atoms with Gasteiger partial charge in [-0.1, -0.05) is 0 Å². The summed E-state index contributed by atoms with van der Waals surface area (Å²) in [6, 6.07) is 8.11. The monoisotopic (exact) mass is 367 g/mol. The van der Waals surface area contributed by atoms with E-state index in [-0.39, 0.29) is 18.1 Å². The Morgan fingerprint density at radius 1 is 1.33 bits per heavy atom. The third kappa shape index (κ3) is 3.17. The Labute approximate surface area is 155 Å². The van der Waals surface area contributed by atoms with Gasteiger partial charge in [0.25, 0.3) is 5.91 Å². The van der Waals surface area contributed by atoms with Crippen LogP contribution in [0.25, 0.3) is 6.08 Å². The lowest BCUT2D eigenvalue weighted by molar-refractivity contribution is -0.129. The molecule has 2 aromatic rings. The van der Waals surface area contributed by atoms with Crippen molar-refractivity contribution in [1.29, 1.82) is 0 Å². The molecule has 4 rings (SSSR count). The Balaban J connectivity index is 1.46. The second-order valence-corrected chi connectivity index (χ2v) is 6.21. The Kier molecular flexibility index (Phi) is 4.15. The zero-order chi connectivity index (χ0) is 19.0. The quantitative estimate of drug-likeness (QED) is 0.829. The Bertz CT molecular complexity index is 975. The summed E-state index contributed by atoms with van der Waals surface area (Å²) in [4.78, 5) is 37.1. The second-order valence-electron chi connectivity index (χ2n) is 6.21. The van der Waals surface area contributed by atoms with Crippen LogP contribution in [-0.4, -0.2) is 46.9 Å². The number of aryl methyl sites for hydroxylation is 1. The highest BCUT2D eigenvalue weighted by Gasteiger charge is 2.29. The number of imide groups is 1. The zero-order valence-corrected chi connectivity index (χ0v) is 14.6. The van der Waals surface area contributed by atoms with E-state index in [2.05, 4.69) is 5.32 Å². The third-order valence-corrected chi connectivity index (χ3v) is 4.42. The fraction of sp³-hybridized carbons (Fsp3) is 0.211. The number of ether oxygens (including phenoxy) is 2. The third-order valence-electron chi connectivity index (χ3n) is 4.42. The van der Waals surface area contributed by atoms with E-state index in [0.717, 1.165) is 10.6 Å². The molecule has 0 saturated carbocycles. The SMILES string of the molecule is Cn1cccc1/C=C1/Oc2cc(OCC(=O)N3CCNC3=O)ccc2C1=O. The first-order valence-electron chi connectivity index (χ1n) is 8.43. The van der Waals surface area contributed by atoms with E-state index in [4.69, 9.17) is 9.47 Å². The van der Waals surface area contributed by atoms with Gasteiger partial charge in [-0.2, -0.15) is 0 Å². The molecule has 8 nitrogen and oxygen atoms in total. The number of carbonyl (C=O) groups excluding carboxylic acids is 3. The van der Waals surface area contributed by atoms with Gasteiger partial charge >= 0.3 is 6.03 Å². The molecule has 0 aliphatic carbocycles. The molecule has 1 aromatic carbocycles. The Hall–Kier alpha value is -3.55. The van der Waals surface area contributed by atoms with E-state index in [1.807, 2.05) is 29.9 Å². The van der Waals surface area contributed by atoms with Crippen LogP contribution in [0.5, 0.6) is 11.5 Å². The highest BCUT2D eigenvalue weighted by Crippen LogP contribution is 2.34. The molecule has 1 aromatic heterocycles. The molecule has 8 heteroatoms. The maximum absolute atomic E-state index is 12.5. The van der Waals surface area contributed by atoms with Gasteiger partial charge in [0, 0.05) is 44.2 Å². The predicted molar refractivity (Wildman–Crippen MR) is 95.4 cm³/mol. The average molecular weight is 367 g/mol. The van der Waals surface area contributed by atoms with Crippen molar-refractivity contribution in [3.05, 3.63) is 53.5 Å². The van der Waals surface area contributed by atoms with Crippen molar-refractivity contribution >= 4 is 23.8 Å². The number of amides is 3. The maximum atomic E-state index is 12.5. The summed E-state index contributed by atoms with van der Waals surface area (Å²) in [6.45, 7) is 0.498. The molecule has 2 aliphatic rings. The molecule has 3 heterocycles. The fourth-order valence-corrected chi connectivity index (χ4v) is 2.95. The van der Waals surface area contributed by atoms with Crippen LogP contribution in [-0.2, 0) is 11.8 Å². The minimum Gasteiger partial charge on any atom is -0.484 e. The predicted octanol–water partition coefficient (Wildman–Crippen LogP) is 1.57. The number of hydrogen-bond acceptors (Lipinski definition) is 5. The minimum absolute atomic E-state index is 0.206. The van der Waals surface area contributed by atoms with E-state index in [1.165, 1.54) is 0 Å². The summed E-state index contributed by atoms with van der Waals surface area (Å²) in [5.41, 5.74) is 1.28. The summed E-state index contributed by atoms with van der Waals surface area (Å²) in [5.74, 6) is 0.363. The van der Waals surface area contributed by atoms with Crippen molar-refractivity contribution in [3.63, 3.8) is 0 Å². The van der Waals surface area contributed by atoms with Gasteiger partial charge in [-0.05, 0) is 24.3 Å². The number of ketones is 1. The van der Waals surface area contributed by atoms with E-state index in [0.29, 0.717) is 30.2 Å². The standard InChI is InChI=1S/C19H17N3O5/c1-21-7-2-3-12(21)9-16-18(24)14-5-4-13(10-15(14)27-16)26-11-17(23)22-8-6-20-19(22)25/h2-5,7,9-10H,6,8,11H2,1H3,(H,20,25)/b16-9+. The maximum Gasteiger partial charge on any atom is 0.324 e. The summed E-state index contributed by atoms with van der Waals surface area (Å²) in [6.07, 6.45) is 3.56. The van der Waals surface area contributed by atoms with E-state index >= 15 is 0 Å². The molecule has 2 aliphatic heterocycles. The number of rotatable bonds is 4. The van der Waals surface area contributed by atoms with Crippen molar-refractivity contribution in [2.45, 2.75) is 0 Å². The summed E-state index contributed by atoms with van der Waals surface area (Å²) < 4.78 is 13.0. The van der Waals surface area contributed by atoms with Crippen LogP contribution in [0.3, 0.4) is 0 Å². The van der Waals surface area contributed by atoms with Gasteiger partial charge < -0.3 is 19.4 Å². The van der Waals surface area contributed by atoms with Crippen molar-refractivity contribution in [3.8, 4) is 11.5 Å². The average Bonchev–Trinajstić information content (AvgIpc) is 3.34. The highest BCUT2D eigenvalue weighted by molar-refractivity contribution is 6.14. The molecular formula is C19H17N3O5. The van der Waals surface area contributed by atoms with Crippen molar-refractivity contribution < 1.29 is 23.9 Å². The highest BCUT2D eigenvalue weighted by atomic mass is 16.5. The number of fused-ring (bicyclic) bond motifs is 1. The number of benzene rings is 1. The van der Waals surface area contributed by atoms with Crippen LogP contribution in [0.2, 0.25) is 0 Å². The smallest absolute Gasteiger partial charge is 0.324 e. The van der Waals surface area contributed by atoms with Crippen LogP contribution < -0.4 is 14.8 Å². The van der Waals surface area contributed by atoms with Crippen molar-refractivity contribution in [2.75, 3.05) is 19.7 Å². The van der Waals surface area contributed by atoms with Crippen LogP contribution in [0.1, 0.15) is 16.1 Å². The summed E-state index contributed by atoms with van der Waals surface area (Å²) >= 11 is 0. The number of allylic oxidation sites excluding steroid dienone is 1. The van der Waals surface area contributed by atoms with Crippen LogP contribution in [0, 0.1) is 0 Å². The van der Waals surface area contributed by atoms with Crippen LogP contribution >= 0.6 is 0 Å². The topological polar surface area (TPSA) is 89.9 Å². The lowest BCUT2D eigenvalue weighted by Gasteiger charge is -2.13. The number of nitrogens with zero attached hydrogens (tertiary/aromatic N) is 2. The van der Waals surface area contributed by atoms with Gasteiger partial charge in [0.05, 0.1) is 5.56 Å². The van der Waals surface area contributed by atoms with Gasteiger partial charge in [-0.25, -0.2) is 4.79 Å². The minimum atomic E-state index is -0.424. The van der Waals surface area contributed by atoms with E-state index < -0.39 is 11.9 Å². The Morgan fingerprint density at radius 2 is 2.19 bits per heavy atom. The first-order chi connectivity index (χ1) is 13.0. The first kappa shape index (κ1) is 16.9. The number of hydrogen-bond donors (Lipinski definition) is 1. The normalized spacial score (nSPS) is 17.1. The number of nitrogens with one attached hydrogen (secondary N) is 1. The van der Waals surface area contributed by atoms with Crippen molar-refractivity contribution in [2.24, 2.45) is 7.05 Å². The zero-order valence-electron chi connectivity index (χ0n) is 14.6. The van der Waals surface area contributed by atoms with Crippen LogP contribution in [0.15, 0.2) is 42.3 Å². The van der Waals surface area contributed by atoms with Gasteiger partial charge in [0.2, 0.25) is 5.78 Å². The first-order valence-corrected chi connectivity index (χ1v) is 8.43. The Morgan fingerprint density at radius 3 is 2.89 bits per heavy atom. The lowest BCUT2D eigenvalue weighted by Crippen LogP contribution is -2.37. The summed E-state index contributed by atoms with van der Waals surface area (Å²) in [5, 5.41) is 2.56. The second kappa shape index (κ2) is 6.64. The van der Waals surface area contributed by atoms with E-state index in [9.17, 15) is 14.4 Å². The molecule has 0 bridgehead atoms. The molecule has 1 saturated heterocycles. The molecule has 0 radical (unpaired) electrons. The molecule has 0 spiro atoms. The molecular weight excluding hydrogens is 350 g/mol. The van der Waals surface area contributed by atoms with Gasteiger partial charge in [-0.3, -0.25) is 14.5 Å². The number of urea groups is 1. The number of carbonyl (C=O) groups is 3. The molecule has 138 valence electrons. The van der Waals surface area contributed by atoms with Gasteiger partial charge in [0.1, 0.15) is 11.5 Å². The number of Topliss-reactive ketones (excluding diaryl/α,β-unsaturated/α-hetero) is 1. The molecule has 1 N–H and O–H groups in total. The van der Waals surface area contributed by atoms with E-state index in [1.54, 1.807) is 24.3 Å². The molecule has 3 amide bonds. The lowest BCUT2D eigenvalue weighted by atomic mass is 10.1. The molecule has 1 fully saturated rings. The van der Waals surface area contributed by atoms with Gasteiger partial charge in [0.15, 0.2) is 12.4 Å². The molecule has 0 unspecified atom stereocenters. The largest absolute Gasteiger partial charge is 0.484 e. The van der Waals surface area contributed by atoms with Crippen molar-refractivity contribution in [1.82, 2.24) is 14.8 Å². The molecule has 0 atom stereocenters. The van der Waals surface area contributed by atoms with Gasteiger partial charge in [-0.15, -0.1) is 0 Å². The summed E-state index contributed by atoms with van der Waals surface area (Å²) in [7, 11) is 1.88. The number of aromatic nitrogens is 1. The fourth-order valence-electron chi connectivity index (χ4n) is 2.95. The van der Waals surface area contributed by atoms with Crippen LogP contribution in [0.4, 0.5) is 4.79 Å².